The van der Waals surface area contributed by atoms with E-state index in [0.717, 1.165) is 29.5 Å². The summed E-state index contributed by atoms with van der Waals surface area (Å²) in [6, 6.07) is 5.69. The van der Waals surface area contributed by atoms with E-state index in [2.05, 4.69) is 4.90 Å². The van der Waals surface area contributed by atoms with Crippen LogP contribution >= 0.6 is 11.6 Å². The zero-order valence-electron chi connectivity index (χ0n) is 7.96. The molecule has 1 saturated heterocycles. The molecule has 0 bridgehead atoms. The molecule has 1 aromatic carbocycles. The molecule has 1 aliphatic heterocycles. The summed E-state index contributed by atoms with van der Waals surface area (Å²) in [7, 11) is 0. The van der Waals surface area contributed by atoms with E-state index in [1.807, 2.05) is 18.2 Å². The van der Waals surface area contributed by atoms with Crippen LogP contribution < -0.4 is 10.6 Å². The van der Waals surface area contributed by atoms with Gasteiger partial charge in [-0.1, -0.05) is 11.6 Å². The quantitative estimate of drug-likeness (QED) is 0.719. The number of rotatable bonds is 1. The zero-order chi connectivity index (χ0) is 9.76. The number of benzene rings is 1. The summed E-state index contributed by atoms with van der Waals surface area (Å²) in [4.78, 5) is 2.33. The Labute approximate surface area is 88.6 Å². The fourth-order valence-electron chi connectivity index (χ4n) is 2.22. The molecule has 0 unspecified atom stereocenters. The molecule has 0 amide bonds. The molecule has 1 aromatic rings. The lowest BCUT2D eigenvalue weighted by Crippen LogP contribution is -2.48. The van der Waals surface area contributed by atoms with E-state index in [9.17, 15) is 0 Å². The van der Waals surface area contributed by atoms with Gasteiger partial charge in [0.15, 0.2) is 0 Å². The Kier molecular flexibility index (Phi) is 1.55. The lowest BCUT2D eigenvalue weighted by molar-refractivity contribution is 0.388. The molecule has 1 spiro atoms. The highest BCUT2D eigenvalue weighted by Gasteiger charge is 2.52. The van der Waals surface area contributed by atoms with Crippen molar-refractivity contribution >= 4 is 23.0 Å². The van der Waals surface area contributed by atoms with Crippen molar-refractivity contribution in [3.05, 3.63) is 23.2 Å². The standard InChI is InChI=1S/C11H13ClN2/c12-8-1-2-9(13)10(5-8)14-6-11(7-14)3-4-11/h1-2,5H,3-4,6-7,13H2. The molecule has 2 fully saturated rings. The van der Waals surface area contributed by atoms with Gasteiger partial charge < -0.3 is 10.6 Å². The van der Waals surface area contributed by atoms with Crippen LogP contribution in [0.4, 0.5) is 11.4 Å². The fraction of sp³-hybridized carbons (Fsp3) is 0.455. The van der Waals surface area contributed by atoms with Crippen molar-refractivity contribution in [3.8, 4) is 0 Å². The molecule has 3 heteroatoms. The van der Waals surface area contributed by atoms with Gasteiger partial charge in [-0.3, -0.25) is 0 Å². The third kappa shape index (κ3) is 1.17. The lowest BCUT2D eigenvalue weighted by Gasteiger charge is -2.42. The highest BCUT2D eigenvalue weighted by molar-refractivity contribution is 6.31. The normalized spacial score (nSPS) is 22.2. The van der Waals surface area contributed by atoms with E-state index >= 15 is 0 Å². The number of nitrogens with zero attached hydrogens (tertiary/aromatic N) is 1. The van der Waals surface area contributed by atoms with Crippen LogP contribution in [-0.2, 0) is 0 Å². The van der Waals surface area contributed by atoms with Gasteiger partial charge in [-0.2, -0.15) is 0 Å². The largest absolute Gasteiger partial charge is 0.397 e. The minimum atomic E-state index is 0.661. The van der Waals surface area contributed by atoms with Crippen LogP contribution in [0.1, 0.15) is 12.8 Å². The summed E-state index contributed by atoms with van der Waals surface area (Å²) in [6.45, 7) is 2.33. The Balaban J connectivity index is 1.85. The summed E-state index contributed by atoms with van der Waals surface area (Å²) in [5.41, 5.74) is 8.51. The molecule has 2 aliphatic rings. The molecule has 0 radical (unpaired) electrons. The van der Waals surface area contributed by atoms with Gasteiger partial charge in [-0.15, -0.1) is 0 Å². The van der Waals surface area contributed by atoms with Crippen LogP contribution in [-0.4, -0.2) is 13.1 Å². The van der Waals surface area contributed by atoms with Gasteiger partial charge in [0.1, 0.15) is 0 Å². The van der Waals surface area contributed by atoms with Crippen molar-refractivity contribution in [1.29, 1.82) is 0 Å². The Morgan fingerprint density at radius 2 is 2.00 bits per heavy atom. The third-order valence-electron chi connectivity index (χ3n) is 3.34. The van der Waals surface area contributed by atoms with Crippen LogP contribution in [0.25, 0.3) is 0 Å². The minimum absolute atomic E-state index is 0.661. The molecule has 1 saturated carbocycles. The van der Waals surface area contributed by atoms with Crippen molar-refractivity contribution < 1.29 is 0 Å². The van der Waals surface area contributed by atoms with E-state index < -0.39 is 0 Å². The maximum Gasteiger partial charge on any atom is 0.0615 e. The van der Waals surface area contributed by atoms with Gasteiger partial charge >= 0.3 is 0 Å². The molecule has 0 aromatic heterocycles. The number of halogens is 1. The number of hydrogen-bond acceptors (Lipinski definition) is 2. The second-order valence-corrected chi connectivity index (χ2v) is 5.00. The first-order valence-electron chi connectivity index (χ1n) is 4.99. The van der Waals surface area contributed by atoms with E-state index in [-0.39, 0.29) is 0 Å². The highest BCUT2D eigenvalue weighted by Crippen LogP contribution is 2.54. The number of anilines is 2. The van der Waals surface area contributed by atoms with Crippen molar-refractivity contribution in [3.63, 3.8) is 0 Å². The second kappa shape index (κ2) is 2.57. The van der Waals surface area contributed by atoms with Crippen molar-refractivity contribution in [2.45, 2.75) is 12.8 Å². The van der Waals surface area contributed by atoms with Crippen molar-refractivity contribution in [2.24, 2.45) is 5.41 Å². The molecule has 1 aliphatic carbocycles. The van der Waals surface area contributed by atoms with Gasteiger partial charge in [0.05, 0.1) is 11.4 Å². The molecular weight excluding hydrogens is 196 g/mol. The van der Waals surface area contributed by atoms with Crippen molar-refractivity contribution in [1.82, 2.24) is 0 Å². The smallest absolute Gasteiger partial charge is 0.0615 e. The van der Waals surface area contributed by atoms with E-state index in [1.165, 1.54) is 12.8 Å². The first-order valence-corrected chi connectivity index (χ1v) is 5.36. The topological polar surface area (TPSA) is 29.3 Å². The first kappa shape index (κ1) is 8.42. The van der Waals surface area contributed by atoms with E-state index in [1.54, 1.807) is 0 Å². The van der Waals surface area contributed by atoms with Crippen molar-refractivity contribution in [2.75, 3.05) is 23.7 Å². The summed E-state index contributed by atoms with van der Waals surface area (Å²) < 4.78 is 0. The van der Waals surface area contributed by atoms with Crippen LogP contribution in [0, 0.1) is 5.41 Å². The molecule has 1 heterocycles. The SMILES string of the molecule is Nc1ccc(Cl)cc1N1CC2(CC2)C1. The maximum atomic E-state index is 5.95. The average molecular weight is 209 g/mol. The predicted octanol–water partition coefficient (Wildman–Crippen LogP) is 2.52. The second-order valence-electron chi connectivity index (χ2n) is 4.56. The third-order valence-corrected chi connectivity index (χ3v) is 3.58. The summed E-state index contributed by atoms with van der Waals surface area (Å²) in [5, 5.41) is 0.769. The van der Waals surface area contributed by atoms with E-state index in [0.29, 0.717) is 5.41 Å². The number of nitrogens with two attached hydrogens (primary N) is 1. The number of hydrogen-bond donors (Lipinski definition) is 1. The molecule has 0 atom stereocenters. The lowest BCUT2D eigenvalue weighted by atomic mass is 9.96. The Morgan fingerprint density at radius 3 is 2.64 bits per heavy atom. The van der Waals surface area contributed by atoms with Crippen LogP contribution in [0.15, 0.2) is 18.2 Å². The van der Waals surface area contributed by atoms with E-state index in [4.69, 9.17) is 17.3 Å². The molecule has 2 N–H and O–H groups in total. The summed E-state index contributed by atoms with van der Waals surface area (Å²) >= 11 is 5.95. The molecule has 14 heavy (non-hydrogen) atoms. The van der Waals surface area contributed by atoms with Crippen LogP contribution in [0.5, 0.6) is 0 Å². The molecule has 74 valence electrons. The van der Waals surface area contributed by atoms with Crippen LogP contribution in [0.3, 0.4) is 0 Å². The minimum Gasteiger partial charge on any atom is -0.397 e. The number of nitrogen functional groups attached to an aromatic ring is 1. The zero-order valence-corrected chi connectivity index (χ0v) is 8.72. The molecule has 3 rings (SSSR count). The first-order chi connectivity index (χ1) is 6.69. The molecular formula is C11H13ClN2. The highest BCUT2D eigenvalue weighted by atomic mass is 35.5. The summed E-state index contributed by atoms with van der Waals surface area (Å²) in [5.74, 6) is 0. The fourth-order valence-corrected chi connectivity index (χ4v) is 2.38. The van der Waals surface area contributed by atoms with Gasteiger partial charge in [-0.25, -0.2) is 0 Å². The van der Waals surface area contributed by atoms with Gasteiger partial charge in [0, 0.05) is 23.5 Å². The van der Waals surface area contributed by atoms with Gasteiger partial charge in [0.25, 0.3) is 0 Å². The van der Waals surface area contributed by atoms with Gasteiger partial charge in [0.2, 0.25) is 0 Å². The van der Waals surface area contributed by atoms with Gasteiger partial charge in [-0.05, 0) is 31.0 Å². The monoisotopic (exact) mass is 208 g/mol. The Bertz CT molecular complexity index is 377. The molecule has 2 nitrogen and oxygen atoms in total. The maximum absolute atomic E-state index is 5.95. The predicted molar refractivity (Wildman–Crippen MR) is 59.7 cm³/mol. The van der Waals surface area contributed by atoms with Crippen LogP contribution in [0.2, 0.25) is 5.02 Å². The summed E-state index contributed by atoms with van der Waals surface area (Å²) in [6.07, 6.45) is 2.79. The average Bonchev–Trinajstić information content (AvgIpc) is 2.86. The Morgan fingerprint density at radius 1 is 1.29 bits per heavy atom. The Hall–Kier alpha value is -0.890.